The highest BCUT2D eigenvalue weighted by Crippen LogP contribution is 2.61. The zero-order chi connectivity index (χ0) is 21.7. The average molecular weight is 501 g/mol. The summed E-state index contributed by atoms with van der Waals surface area (Å²) < 4.78 is 0.864. The molecule has 0 bridgehead atoms. The fourth-order valence-corrected chi connectivity index (χ4v) is 6.82. The van der Waals surface area contributed by atoms with E-state index in [1.165, 1.54) is 4.90 Å². The van der Waals surface area contributed by atoms with E-state index in [0.29, 0.717) is 22.9 Å². The van der Waals surface area contributed by atoms with Gasteiger partial charge in [0.05, 0.1) is 17.5 Å². The molecule has 31 heavy (non-hydrogen) atoms. The maximum Gasteiger partial charge on any atom is 0.250 e. The second-order valence-electron chi connectivity index (χ2n) is 8.76. The zero-order valence-electron chi connectivity index (χ0n) is 16.7. The molecule has 0 saturated carbocycles. The first-order valence-electron chi connectivity index (χ1n) is 10.4. The molecule has 4 atom stereocenters. The van der Waals surface area contributed by atoms with Crippen LogP contribution in [-0.2, 0) is 19.9 Å². The standard InChI is InChI=1S/C23H19BrClN3O3/c1-11-9-13(25)10-15-19(11)26-22(31)23(15)18-17(16-3-2-8-27(16)23)20(29)28(21(18)30)14-6-4-12(24)5-7-14/h4-7,9-10,16-18H,2-3,8H2,1H3,(H,26,31)/t16-,17-,18+,23+/m1/s1. The summed E-state index contributed by atoms with van der Waals surface area (Å²) in [6.07, 6.45) is 1.68. The molecule has 2 aromatic rings. The zero-order valence-corrected chi connectivity index (χ0v) is 19.0. The van der Waals surface area contributed by atoms with Gasteiger partial charge in [0.25, 0.3) is 0 Å². The van der Waals surface area contributed by atoms with Crippen LogP contribution in [0.1, 0.15) is 24.0 Å². The van der Waals surface area contributed by atoms with E-state index in [1.54, 1.807) is 18.2 Å². The Morgan fingerprint density at radius 1 is 1.13 bits per heavy atom. The predicted octanol–water partition coefficient (Wildman–Crippen LogP) is 3.84. The number of nitrogens with zero attached hydrogens (tertiary/aromatic N) is 2. The van der Waals surface area contributed by atoms with Crippen LogP contribution in [0.4, 0.5) is 11.4 Å². The highest BCUT2D eigenvalue weighted by molar-refractivity contribution is 9.10. The Labute approximate surface area is 192 Å². The number of carbonyl (C=O) groups is 3. The molecule has 1 N–H and O–H groups in total. The fraction of sp³-hybridized carbons (Fsp3) is 0.348. The highest BCUT2D eigenvalue weighted by Gasteiger charge is 2.74. The van der Waals surface area contributed by atoms with Gasteiger partial charge in [-0.1, -0.05) is 27.5 Å². The van der Waals surface area contributed by atoms with E-state index >= 15 is 0 Å². The van der Waals surface area contributed by atoms with Crippen molar-refractivity contribution in [1.29, 1.82) is 0 Å². The number of hydrogen-bond acceptors (Lipinski definition) is 4. The summed E-state index contributed by atoms with van der Waals surface area (Å²) in [5, 5.41) is 3.54. The van der Waals surface area contributed by atoms with Crippen molar-refractivity contribution in [3.63, 3.8) is 0 Å². The van der Waals surface area contributed by atoms with Crippen LogP contribution in [0, 0.1) is 18.8 Å². The largest absolute Gasteiger partial charge is 0.324 e. The van der Waals surface area contributed by atoms with Crippen molar-refractivity contribution in [2.75, 3.05) is 16.8 Å². The SMILES string of the molecule is Cc1cc(Cl)cc2c1NC(=O)[C@@]21[C@@H]2C(=O)N(c3ccc(Br)cc3)C(=O)[C@@H]2[C@H]2CCCN21. The van der Waals surface area contributed by atoms with E-state index < -0.39 is 17.4 Å². The van der Waals surface area contributed by atoms with E-state index in [-0.39, 0.29) is 23.8 Å². The lowest BCUT2D eigenvalue weighted by Gasteiger charge is -2.36. The van der Waals surface area contributed by atoms with Crippen molar-refractivity contribution in [2.24, 2.45) is 11.8 Å². The summed E-state index contributed by atoms with van der Waals surface area (Å²) in [5.41, 5.74) is 1.62. The Morgan fingerprint density at radius 3 is 2.61 bits per heavy atom. The van der Waals surface area contributed by atoms with E-state index in [9.17, 15) is 14.4 Å². The summed E-state index contributed by atoms with van der Waals surface area (Å²) >= 11 is 9.80. The molecule has 0 unspecified atom stereocenters. The number of imide groups is 1. The Morgan fingerprint density at radius 2 is 1.87 bits per heavy atom. The second kappa shape index (κ2) is 6.40. The first-order chi connectivity index (χ1) is 14.9. The van der Waals surface area contributed by atoms with Crippen LogP contribution < -0.4 is 10.2 Å². The smallest absolute Gasteiger partial charge is 0.250 e. The van der Waals surface area contributed by atoms with Gasteiger partial charge in [-0.3, -0.25) is 19.3 Å². The lowest BCUT2D eigenvalue weighted by molar-refractivity contribution is -0.135. The fourth-order valence-electron chi connectivity index (χ4n) is 6.28. The molecular formula is C23H19BrClN3O3. The van der Waals surface area contributed by atoms with Crippen LogP contribution in [0.3, 0.4) is 0 Å². The van der Waals surface area contributed by atoms with Crippen LogP contribution >= 0.6 is 27.5 Å². The van der Waals surface area contributed by atoms with Crippen LogP contribution in [-0.4, -0.2) is 35.2 Å². The maximum atomic E-state index is 13.9. The van der Waals surface area contributed by atoms with Crippen molar-refractivity contribution in [2.45, 2.75) is 31.3 Å². The molecule has 158 valence electrons. The normalized spacial score (nSPS) is 31.4. The molecule has 0 aromatic heterocycles. The number of carbonyl (C=O) groups excluding carboxylic acids is 3. The molecule has 4 aliphatic rings. The Balaban J connectivity index is 1.57. The molecule has 0 aliphatic carbocycles. The second-order valence-corrected chi connectivity index (χ2v) is 10.1. The number of benzene rings is 2. The minimum atomic E-state index is -1.20. The molecule has 1 spiro atoms. The molecule has 2 aromatic carbocycles. The number of fused-ring (bicyclic) bond motifs is 7. The van der Waals surface area contributed by atoms with Crippen molar-refractivity contribution in [1.82, 2.24) is 4.90 Å². The van der Waals surface area contributed by atoms with Gasteiger partial charge in [-0.2, -0.15) is 0 Å². The van der Waals surface area contributed by atoms with E-state index in [4.69, 9.17) is 11.6 Å². The molecule has 3 fully saturated rings. The van der Waals surface area contributed by atoms with Crippen LogP contribution in [0.25, 0.3) is 0 Å². The van der Waals surface area contributed by atoms with Crippen molar-refractivity contribution in [3.8, 4) is 0 Å². The van der Waals surface area contributed by atoms with Gasteiger partial charge in [-0.05, 0) is 68.3 Å². The number of hydrogen-bond donors (Lipinski definition) is 1. The Hall–Kier alpha value is -2.22. The molecule has 3 saturated heterocycles. The number of nitrogens with one attached hydrogen (secondary N) is 1. The number of rotatable bonds is 1. The minimum Gasteiger partial charge on any atom is -0.324 e. The Bertz CT molecular complexity index is 1180. The number of anilines is 2. The van der Waals surface area contributed by atoms with Gasteiger partial charge in [0, 0.05) is 26.8 Å². The molecule has 3 amide bonds. The van der Waals surface area contributed by atoms with Crippen LogP contribution in [0.15, 0.2) is 40.9 Å². The van der Waals surface area contributed by atoms with E-state index in [2.05, 4.69) is 26.1 Å². The summed E-state index contributed by atoms with van der Waals surface area (Å²) in [5.74, 6) is -2.08. The molecule has 8 heteroatoms. The Kier molecular flexibility index (Phi) is 4.02. The predicted molar refractivity (Wildman–Crippen MR) is 120 cm³/mol. The lowest BCUT2D eigenvalue weighted by atomic mass is 9.75. The van der Waals surface area contributed by atoms with Gasteiger partial charge in [-0.15, -0.1) is 0 Å². The third-order valence-electron chi connectivity index (χ3n) is 7.35. The van der Waals surface area contributed by atoms with Gasteiger partial charge in [0.2, 0.25) is 17.7 Å². The highest BCUT2D eigenvalue weighted by atomic mass is 79.9. The van der Waals surface area contributed by atoms with E-state index in [0.717, 1.165) is 28.4 Å². The summed E-state index contributed by atoms with van der Waals surface area (Å²) in [7, 11) is 0. The molecule has 6 rings (SSSR count). The van der Waals surface area contributed by atoms with Gasteiger partial charge in [-0.25, -0.2) is 4.90 Å². The summed E-state index contributed by atoms with van der Waals surface area (Å²) in [4.78, 5) is 44.5. The van der Waals surface area contributed by atoms with Crippen molar-refractivity contribution >= 4 is 56.6 Å². The third kappa shape index (κ3) is 2.29. The summed E-state index contributed by atoms with van der Waals surface area (Å²) in [6.45, 7) is 2.57. The molecule has 4 aliphatic heterocycles. The number of aryl methyl sites for hydroxylation is 1. The molecular weight excluding hydrogens is 482 g/mol. The van der Waals surface area contributed by atoms with Crippen molar-refractivity contribution in [3.05, 3.63) is 57.0 Å². The third-order valence-corrected chi connectivity index (χ3v) is 8.10. The molecule has 4 heterocycles. The summed E-state index contributed by atoms with van der Waals surface area (Å²) in [6, 6.07) is 10.6. The number of amides is 3. The van der Waals surface area contributed by atoms with Gasteiger partial charge < -0.3 is 5.32 Å². The maximum absolute atomic E-state index is 13.9. The molecule has 0 radical (unpaired) electrons. The topological polar surface area (TPSA) is 69.7 Å². The molecule has 6 nitrogen and oxygen atoms in total. The first kappa shape index (κ1) is 19.5. The van der Waals surface area contributed by atoms with E-state index in [1.807, 2.05) is 25.1 Å². The van der Waals surface area contributed by atoms with Gasteiger partial charge >= 0.3 is 0 Å². The quantitative estimate of drug-likeness (QED) is 0.604. The minimum absolute atomic E-state index is 0.141. The lowest BCUT2D eigenvalue weighted by Crippen LogP contribution is -2.54. The number of halogens is 2. The van der Waals surface area contributed by atoms with Gasteiger partial charge in [0.15, 0.2) is 0 Å². The monoisotopic (exact) mass is 499 g/mol. The van der Waals surface area contributed by atoms with Crippen LogP contribution in [0.5, 0.6) is 0 Å². The first-order valence-corrected chi connectivity index (χ1v) is 11.5. The van der Waals surface area contributed by atoms with Gasteiger partial charge in [0.1, 0.15) is 5.54 Å². The van der Waals surface area contributed by atoms with Crippen molar-refractivity contribution < 1.29 is 14.4 Å². The average Bonchev–Trinajstić information content (AvgIpc) is 3.42. The van der Waals surface area contributed by atoms with Crippen LogP contribution in [0.2, 0.25) is 5.02 Å².